The van der Waals surface area contributed by atoms with Gasteiger partial charge in [-0.15, -0.1) is 0 Å². The number of hydrogen-bond donors (Lipinski definition) is 0. The highest BCUT2D eigenvalue weighted by Crippen LogP contribution is 2.34. The van der Waals surface area contributed by atoms with Crippen LogP contribution in [0, 0.1) is 10.1 Å². The molecule has 1 aliphatic heterocycles. The predicted molar refractivity (Wildman–Crippen MR) is 148 cm³/mol. The van der Waals surface area contributed by atoms with Gasteiger partial charge in [-0.2, -0.15) is 0 Å². The SMILES string of the molecule is CCOC(=O)C1=C(C)N=c2oc(=Cc3ccc(-c4ccc(OC)cc4[N+](=O)[O-])o3)c(=O)n2C1c1ccc(CC)cc1. The van der Waals surface area contributed by atoms with Gasteiger partial charge in [0.25, 0.3) is 11.2 Å². The molecule has 41 heavy (non-hydrogen) atoms. The van der Waals surface area contributed by atoms with Crippen molar-refractivity contribution in [3.8, 4) is 17.1 Å². The number of ether oxygens (including phenoxy) is 2. The lowest BCUT2D eigenvalue weighted by atomic mass is 9.95. The minimum Gasteiger partial charge on any atom is -0.497 e. The standard InChI is InChI=1S/C30H27N3O8/c1-5-18-7-9-19(10-8-18)27-26(29(35)39-6-2)17(3)31-30-32(27)28(34)25(41-30)16-21-12-14-24(40-21)22-13-11-20(38-4)15-23(22)33(36)37/h7-16,27H,5-6H2,1-4H3. The quantitative estimate of drug-likeness (QED) is 0.179. The number of nitro groups is 1. The summed E-state index contributed by atoms with van der Waals surface area (Å²) in [5.41, 5.74) is 1.88. The third-order valence-electron chi connectivity index (χ3n) is 6.79. The molecule has 1 unspecified atom stereocenters. The highest BCUT2D eigenvalue weighted by Gasteiger charge is 2.34. The molecule has 1 atom stereocenters. The smallest absolute Gasteiger partial charge is 0.338 e. The summed E-state index contributed by atoms with van der Waals surface area (Å²) in [6.45, 7) is 5.58. The average molecular weight is 558 g/mol. The van der Waals surface area contributed by atoms with Crippen molar-refractivity contribution in [2.24, 2.45) is 4.99 Å². The highest BCUT2D eigenvalue weighted by atomic mass is 16.6. The van der Waals surface area contributed by atoms with Gasteiger partial charge in [0.2, 0.25) is 0 Å². The van der Waals surface area contributed by atoms with E-state index < -0.39 is 22.5 Å². The second kappa shape index (κ2) is 11.1. The van der Waals surface area contributed by atoms with Crippen LogP contribution in [0.2, 0.25) is 0 Å². The van der Waals surface area contributed by atoms with Gasteiger partial charge in [0.05, 0.1) is 41.5 Å². The summed E-state index contributed by atoms with van der Waals surface area (Å²) < 4.78 is 23.4. The molecule has 2 aromatic carbocycles. The number of rotatable bonds is 8. The molecule has 11 nitrogen and oxygen atoms in total. The summed E-state index contributed by atoms with van der Waals surface area (Å²) in [5, 5.41) is 11.6. The minimum absolute atomic E-state index is 0.0222. The lowest BCUT2D eigenvalue weighted by molar-refractivity contribution is -0.384. The first-order valence-electron chi connectivity index (χ1n) is 13.0. The molecule has 0 saturated carbocycles. The van der Waals surface area contributed by atoms with Gasteiger partial charge in [0, 0.05) is 6.08 Å². The van der Waals surface area contributed by atoms with E-state index >= 15 is 0 Å². The van der Waals surface area contributed by atoms with E-state index in [1.54, 1.807) is 32.0 Å². The van der Waals surface area contributed by atoms with Crippen LogP contribution in [-0.2, 0) is 16.0 Å². The zero-order valence-corrected chi connectivity index (χ0v) is 22.9. The second-order valence-corrected chi connectivity index (χ2v) is 9.24. The fourth-order valence-corrected chi connectivity index (χ4v) is 4.74. The summed E-state index contributed by atoms with van der Waals surface area (Å²) in [6, 6.07) is 14.4. The van der Waals surface area contributed by atoms with Crippen LogP contribution in [0.25, 0.3) is 17.4 Å². The first-order chi connectivity index (χ1) is 19.7. The fraction of sp³-hybridized carbons (Fsp3) is 0.233. The number of benzene rings is 2. The number of hydrogen-bond acceptors (Lipinski definition) is 9. The van der Waals surface area contributed by atoms with Gasteiger partial charge in [-0.1, -0.05) is 31.2 Å². The first-order valence-corrected chi connectivity index (χ1v) is 13.0. The molecule has 3 heterocycles. The van der Waals surface area contributed by atoms with Crippen molar-refractivity contribution in [2.45, 2.75) is 33.2 Å². The van der Waals surface area contributed by atoms with Gasteiger partial charge in [-0.05, 0) is 55.7 Å². The fourth-order valence-electron chi connectivity index (χ4n) is 4.74. The number of oxazole rings is 1. The number of allylic oxidation sites excluding steroid dienone is 1. The van der Waals surface area contributed by atoms with Crippen molar-refractivity contribution < 1.29 is 28.0 Å². The Hall–Kier alpha value is -5.19. The number of aromatic nitrogens is 1. The molecule has 0 N–H and O–H groups in total. The van der Waals surface area contributed by atoms with Crippen molar-refractivity contribution in [3.63, 3.8) is 0 Å². The van der Waals surface area contributed by atoms with Crippen molar-refractivity contribution in [3.05, 3.63) is 114 Å². The second-order valence-electron chi connectivity index (χ2n) is 9.24. The van der Waals surface area contributed by atoms with Crippen molar-refractivity contribution in [1.82, 2.24) is 4.57 Å². The topological polar surface area (TPSA) is 139 Å². The maximum Gasteiger partial charge on any atom is 0.338 e. The number of fused-ring (bicyclic) bond motifs is 1. The zero-order valence-electron chi connectivity index (χ0n) is 22.9. The third kappa shape index (κ3) is 5.09. The van der Waals surface area contributed by atoms with Crippen LogP contribution < -0.4 is 21.4 Å². The van der Waals surface area contributed by atoms with Crippen molar-refractivity contribution >= 4 is 17.7 Å². The Balaban J connectivity index is 1.62. The normalized spacial score (nSPS) is 14.9. The van der Waals surface area contributed by atoms with Crippen LogP contribution in [-0.4, -0.2) is 29.2 Å². The summed E-state index contributed by atoms with van der Waals surface area (Å²) >= 11 is 0. The van der Waals surface area contributed by atoms with Crippen molar-refractivity contribution in [2.75, 3.05) is 13.7 Å². The van der Waals surface area contributed by atoms with E-state index in [2.05, 4.69) is 4.99 Å². The number of esters is 1. The molecule has 210 valence electrons. The molecule has 0 spiro atoms. The maximum absolute atomic E-state index is 13.7. The lowest BCUT2D eigenvalue weighted by Gasteiger charge is -2.24. The average Bonchev–Trinajstić information content (AvgIpc) is 3.56. The van der Waals surface area contributed by atoms with Crippen LogP contribution in [0.15, 0.2) is 84.5 Å². The number of furan rings is 1. The van der Waals surface area contributed by atoms with Crippen LogP contribution in [0.3, 0.4) is 0 Å². The monoisotopic (exact) mass is 557 g/mol. The third-order valence-corrected chi connectivity index (χ3v) is 6.79. The Labute approximate surface area is 233 Å². The molecule has 1 aliphatic rings. The molecular formula is C30H27N3O8. The van der Waals surface area contributed by atoms with Crippen LogP contribution in [0.5, 0.6) is 5.75 Å². The molecule has 0 fully saturated rings. The first kappa shape index (κ1) is 27.4. The van der Waals surface area contributed by atoms with Gasteiger partial charge in [-0.3, -0.25) is 14.9 Å². The Bertz CT molecular complexity index is 1860. The molecule has 0 saturated heterocycles. The molecule has 2 aromatic heterocycles. The lowest BCUT2D eigenvalue weighted by Crippen LogP contribution is -2.40. The highest BCUT2D eigenvalue weighted by molar-refractivity contribution is 5.91. The Morgan fingerprint density at radius 2 is 1.88 bits per heavy atom. The molecule has 11 heteroatoms. The summed E-state index contributed by atoms with van der Waals surface area (Å²) in [6.07, 6.45) is 2.22. The number of methoxy groups -OCH3 is 1. The molecule has 0 amide bonds. The molecule has 0 radical (unpaired) electrons. The minimum atomic E-state index is -0.819. The van der Waals surface area contributed by atoms with Gasteiger partial charge < -0.3 is 18.3 Å². The number of nitrogens with zero attached hydrogens (tertiary/aromatic N) is 3. The Kier molecular flexibility index (Phi) is 7.43. The van der Waals surface area contributed by atoms with E-state index in [4.69, 9.17) is 18.3 Å². The number of carbonyl (C=O) groups excluding carboxylic acids is 1. The predicted octanol–water partition coefficient (Wildman–Crippen LogP) is 4.07. The van der Waals surface area contributed by atoms with E-state index in [9.17, 15) is 19.7 Å². The van der Waals surface area contributed by atoms with Gasteiger partial charge in [0.15, 0.2) is 5.42 Å². The molecule has 5 rings (SSSR count). The largest absolute Gasteiger partial charge is 0.497 e. The summed E-state index contributed by atoms with van der Waals surface area (Å²) in [7, 11) is 1.42. The van der Waals surface area contributed by atoms with E-state index in [-0.39, 0.29) is 46.1 Å². The number of nitro benzene ring substituents is 1. The van der Waals surface area contributed by atoms with Crippen LogP contribution >= 0.6 is 0 Å². The van der Waals surface area contributed by atoms with Crippen LogP contribution in [0.4, 0.5) is 5.69 Å². The van der Waals surface area contributed by atoms with E-state index in [0.717, 1.165) is 12.0 Å². The summed E-state index contributed by atoms with van der Waals surface area (Å²) in [4.78, 5) is 42.2. The van der Waals surface area contributed by atoms with E-state index in [0.29, 0.717) is 17.0 Å². The molecule has 0 aliphatic carbocycles. The van der Waals surface area contributed by atoms with Gasteiger partial charge >= 0.3 is 11.7 Å². The van der Waals surface area contributed by atoms with Gasteiger partial charge in [0.1, 0.15) is 23.3 Å². The van der Waals surface area contributed by atoms with E-state index in [1.807, 2.05) is 31.2 Å². The summed E-state index contributed by atoms with van der Waals surface area (Å²) in [5.74, 6) is 0.219. The Morgan fingerprint density at radius 3 is 2.54 bits per heavy atom. The Morgan fingerprint density at radius 1 is 1.12 bits per heavy atom. The van der Waals surface area contributed by atoms with Crippen LogP contribution in [0.1, 0.15) is 43.7 Å². The maximum atomic E-state index is 13.7. The molecular weight excluding hydrogens is 530 g/mol. The van der Waals surface area contributed by atoms with E-state index in [1.165, 1.54) is 29.9 Å². The number of carbonyl (C=O) groups is 1. The molecule has 0 bridgehead atoms. The zero-order chi connectivity index (χ0) is 29.3. The number of aryl methyl sites for hydroxylation is 1. The molecule has 4 aromatic rings. The van der Waals surface area contributed by atoms with Gasteiger partial charge in [-0.25, -0.2) is 14.4 Å². The van der Waals surface area contributed by atoms with Crippen molar-refractivity contribution in [1.29, 1.82) is 0 Å².